The van der Waals surface area contributed by atoms with Crippen LogP contribution in [0.15, 0.2) is 48.5 Å². The lowest BCUT2D eigenvalue weighted by atomic mass is 10.1. The summed E-state index contributed by atoms with van der Waals surface area (Å²) in [6.07, 6.45) is 0. The van der Waals surface area contributed by atoms with Crippen LogP contribution < -0.4 is 5.73 Å². The number of halogens is 1. The van der Waals surface area contributed by atoms with Gasteiger partial charge >= 0.3 is 0 Å². The second-order valence-electron chi connectivity index (χ2n) is 4.99. The molecule has 2 rings (SSSR count). The summed E-state index contributed by atoms with van der Waals surface area (Å²) in [6, 6.07) is 13.9. The third kappa shape index (κ3) is 4.39. The van der Waals surface area contributed by atoms with Gasteiger partial charge in [0.25, 0.3) is 0 Å². The van der Waals surface area contributed by atoms with Crippen LogP contribution in [0.4, 0.5) is 4.39 Å². The van der Waals surface area contributed by atoms with Gasteiger partial charge in [-0.1, -0.05) is 31.2 Å². The van der Waals surface area contributed by atoms with Crippen molar-refractivity contribution in [1.82, 2.24) is 4.90 Å². The third-order valence-electron chi connectivity index (χ3n) is 3.39. The second kappa shape index (κ2) is 6.99. The molecule has 0 atom stereocenters. The number of hydrogen-bond donors (Lipinski definition) is 1. The molecule has 3 nitrogen and oxygen atoms in total. The van der Waals surface area contributed by atoms with Gasteiger partial charge in [-0.15, -0.1) is 0 Å². The Balaban J connectivity index is 2.03. The number of carbonyl (C=O) groups is 1. The van der Waals surface area contributed by atoms with E-state index in [1.54, 1.807) is 24.3 Å². The number of amides is 1. The van der Waals surface area contributed by atoms with Gasteiger partial charge in [-0.3, -0.25) is 9.69 Å². The first-order valence-corrected chi connectivity index (χ1v) is 6.94. The molecule has 0 radical (unpaired) electrons. The fourth-order valence-electron chi connectivity index (χ4n) is 2.21. The molecular formula is C17H19FN2O. The van der Waals surface area contributed by atoms with Crippen LogP contribution in [-0.2, 0) is 13.1 Å². The lowest BCUT2D eigenvalue weighted by Crippen LogP contribution is -2.22. The standard InChI is InChI=1S/C17H19FN2O/c1-2-20(12-14-4-3-5-16(18)10-14)11-13-6-8-15(9-7-13)17(19)21/h3-10H,2,11-12H2,1H3,(H2,19,21). The van der Waals surface area contributed by atoms with Crippen molar-refractivity contribution in [3.05, 3.63) is 71.0 Å². The summed E-state index contributed by atoms with van der Waals surface area (Å²) in [7, 11) is 0. The summed E-state index contributed by atoms with van der Waals surface area (Å²) in [5.74, 6) is -0.636. The Morgan fingerprint density at radius 1 is 1.10 bits per heavy atom. The monoisotopic (exact) mass is 286 g/mol. The number of rotatable bonds is 6. The normalized spacial score (nSPS) is 10.8. The van der Waals surface area contributed by atoms with Gasteiger partial charge in [0.1, 0.15) is 5.82 Å². The van der Waals surface area contributed by atoms with Gasteiger partial charge in [0.15, 0.2) is 0 Å². The molecule has 0 heterocycles. The molecule has 0 aromatic heterocycles. The van der Waals surface area contributed by atoms with E-state index < -0.39 is 5.91 Å². The molecule has 21 heavy (non-hydrogen) atoms. The first-order chi connectivity index (χ1) is 10.1. The molecule has 2 N–H and O–H groups in total. The zero-order valence-electron chi connectivity index (χ0n) is 12.1. The molecule has 0 aliphatic heterocycles. The Bertz CT molecular complexity index is 610. The van der Waals surface area contributed by atoms with Crippen molar-refractivity contribution < 1.29 is 9.18 Å². The van der Waals surface area contributed by atoms with Gasteiger partial charge in [-0.05, 0) is 41.9 Å². The summed E-state index contributed by atoms with van der Waals surface area (Å²) in [4.78, 5) is 13.2. The summed E-state index contributed by atoms with van der Waals surface area (Å²) < 4.78 is 13.2. The minimum atomic E-state index is -0.423. The topological polar surface area (TPSA) is 46.3 Å². The second-order valence-corrected chi connectivity index (χ2v) is 4.99. The minimum Gasteiger partial charge on any atom is -0.366 e. The first-order valence-electron chi connectivity index (χ1n) is 6.94. The van der Waals surface area contributed by atoms with Crippen LogP contribution in [0.3, 0.4) is 0 Å². The predicted octanol–water partition coefficient (Wildman–Crippen LogP) is 2.95. The summed E-state index contributed by atoms with van der Waals surface area (Å²) in [5.41, 5.74) is 7.77. The Morgan fingerprint density at radius 3 is 2.33 bits per heavy atom. The van der Waals surface area contributed by atoms with E-state index in [0.717, 1.165) is 24.2 Å². The maximum Gasteiger partial charge on any atom is 0.248 e. The smallest absolute Gasteiger partial charge is 0.248 e. The highest BCUT2D eigenvalue weighted by Crippen LogP contribution is 2.12. The van der Waals surface area contributed by atoms with Crippen molar-refractivity contribution in [1.29, 1.82) is 0 Å². The Hall–Kier alpha value is -2.20. The van der Waals surface area contributed by atoms with Crippen molar-refractivity contribution in [2.75, 3.05) is 6.54 Å². The summed E-state index contributed by atoms with van der Waals surface area (Å²) in [5, 5.41) is 0. The molecule has 0 fully saturated rings. The molecule has 0 aliphatic rings. The number of primary amides is 1. The lowest BCUT2D eigenvalue weighted by Gasteiger charge is -2.20. The van der Waals surface area contributed by atoms with Crippen LogP contribution in [0, 0.1) is 5.82 Å². The van der Waals surface area contributed by atoms with Gasteiger partial charge in [0, 0.05) is 18.7 Å². The zero-order chi connectivity index (χ0) is 15.2. The van der Waals surface area contributed by atoms with Crippen LogP contribution in [0.2, 0.25) is 0 Å². The molecular weight excluding hydrogens is 267 g/mol. The molecule has 1 amide bonds. The van der Waals surface area contributed by atoms with E-state index in [1.807, 2.05) is 18.2 Å². The molecule has 0 bridgehead atoms. The van der Waals surface area contributed by atoms with Crippen LogP contribution in [-0.4, -0.2) is 17.4 Å². The number of benzene rings is 2. The van der Waals surface area contributed by atoms with Crippen LogP contribution in [0.1, 0.15) is 28.4 Å². The Morgan fingerprint density at radius 2 is 1.76 bits per heavy atom. The number of carbonyl (C=O) groups excluding carboxylic acids is 1. The van der Waals surface area contributed by atoms with E-state index in [-0.39, 0.29) is 5.82 Å². The highest BCUT2D eigenvalue weighted by atomic mass is 19.1. The molecule has 0 unspecified atom stereocenters. The fraction of sp³-hybridized carbons (Fsp3) is 0.235. The highest BCUT2D eigenvalue weighted by Gasteiger charge is 2.07. The third-order valence-corrected chi connectivity index (χ3v) is 3.39. The predicted molar refractivity (Wildman–Crippen MR) is 81.1 cm³/mol. The number of nitrogens with two attached hydrogens (primary N) is 1. The van der Waals surface area contributed by atoms with E-state index in [9.17, 15) is 9.18 Å². The average Bonchev–Trinajstić information content (AvgIpc) is 2.47. The van der Waals surface area contributed by atoms with Crippen molar-refractivity contribution in [3.8, 4) is 0 Å². The molecule has 0 saturated carbocycles. The zero-order valence-corrected chi connectivity index (χ0v) is 12.1. The van der Waals surface area contributed by atoms with Gasteiger partial charge in [0.05, 0.1) is 0 Å². The maximum atomic E-state index is 13.2. The van der Waals surface area contributed by atoms with Gasteiger partial charge < -0.3 is 5.73 Å². The van der Waals surface area contributed by atoms with Gasteiger partial charge in [-0.2, -0.15) is 0 Å². The minimum absolute atomic E-state index is 0.214. The largest absolute Gasteiger partial charge is 0.366 e. The summed E-state index contributed by atoms with van der Waals surface area (Å²) in [6.45, 7) is 4.35. The van der Waals surface area contributed by atoms with E-state index >= 15 is 0 Å². The molecule has 4 heteroatoms. The van der Waals surface area contributed by atoms with Crippen LogP contribution in [0.5, 0.6) is 0 Å². The van der Waals surface area contributed by atoms with Crippen LogP contribution in [0.25, 0.3) is 0 Å². The van der Waals surface area contributed by atoms with Crippen LogP contribution >= 0.6 is 0 Å². The number of nitrogens with zero attached hydrogens (tertiary/aromatic N) is 1. The molecule has 2 aromatic rings. The van der Waals surface area contributed by atoms with Gasteiger partial charge in [-0.25, -0.2) is 4.39 Å². The Kier molecular flexibility index (Phi) is 5.06. The Labute approximate surface area is 124 Å². The van der Waals surface area contributed by atoms with Crippen molar-refractivity contribution in [2.24, 2.45) is 5.73 Å². The van der Waals surface area contributed by atoms with E-state index in [0.29, 0.717) is 12.1 Å². The summed E-state index contributed by atoms with van der Waals surface area (Å²) >= 11 is 0. The lowest BCUT2D eigenvalue weighted by molar-refractivity contribution is 0.100. The number of hydrogen-bond acceptors (Lipinski definition) is 2. The van der Waals surface area contributed by atoms with E-state index in [4.69, 9.17) is 5.73 Å². The highest BCUT2D eigenvalue weighted by molar-refractivity contribution is 5.92. The molecule has 0 spiro atoms. The molecule has 0 saturated heterocycles. The first kappa shape index (κ1) is 15.2. The van der Waals surface area contributed by atoms with Crippen molar-refractivity contribution in [2.45, 2.75) is 20.0 Å². The molecule has 2 aromatic carbocycles. The van der Waals surface area contributed by atoms with Gasteiger partial charge in [0.2, 0.25) is 5.91 Å². The quantitative estimate of drug-likeness (QED) is 0.887. The van der Waals surface area contributed by atoms with Crippen molar-refractivity contribution in [3.63, 3.8) is 0 Å². The fourth-order valence-corrected chi connectivity index (χ4v) is 2.21. The molecule has 110 valence electrons. The van der Waals surface area contributed by atoms with E-state index in [1.165, 1.54) is 6.07 Å². The average molecular weight is 286 g/mol. The SMILES string of the molecule is CCN(Cc1ccc(C(N)=O)cc1)Cc1cccc(F)c1. The maximum absolute atomic E-state index is 13.2. The van der Waals surface area contributed by atoms with Crippen molar-refractivity contribution >= 4 is 5.91 Å². The van der Waals surface area contributed by atoms with E-state index in [2.05, 4.69) is 11.8 Å². The molecule has 0 aliphatic carbocycles.